The molecule has 0 atom stereocenters. The highest BCUT2D eigenvalue weighted by Gasteiger charge is 2.12. The van der Waals surface area contributed by atoms with Crippen molar-refractivity contribution in [2.24, 2.45) is 0 Å². The maximum absolute atomic E-state index is 5.77. The minimum absolute atomic E-state index is 0.621. The van der Waals surface area contributed by atoms with Gasteiger partial charge < -0.3 is 4.74 Å². The summed E-state index contributed by atoms with van der Waals surface area (Å²) >= 11 is 6.93. The lowest BCUT2D eigenvalue weighted by Crippen LogP contribution is -2.06. The van der Waals surface area contributed by atoms with E-state index < -0.39 is 0 Å². The van der Waals surface area contributed by atoms with Gasteiger partial charge in [0.2, 0.25) is 0 Å². The Balaban J connectivity index is 2.02. The van der Waals surface area contributed by atoms with Crippen LogP contribution >= 0.6 is 31.9 Å². The van der Waals surface area contributed by atoms with Gasteiger partial charge in [0, 0.05) is 14.5 Å². The fraction of sp³-hybridized carbons (Fsp3) is 0.0667. The van der Waals surface area contributed by atoms with Crippen LogP contribution in [0.1, 0.15) is 11.1 Å². The fourth-order valence-electron chi connectivity index (χ4n) is 1.98. The third-order valence-electron chi connectivity index (χ3n) is 2.90. The molecule has 1 aliphatic heterocycles. The van der Waals surface area contributed by atoms with E-state index >= 15 is 0 Å². The van der Waals surface area contributed by atoms with Gasteiger partial charge in [-0.05, 0) is 47.5 Å². The zero-order valence-corrected chi connectivity index (χ0v) is 12.7. The van der Waals surface area contributed by atoms with E-state index in [-0.39, 0.29) is 0 Å². The van der Waals surface area contributed by atoms with Gasteiger partial charge in [0.1, 0.15) is 12.4 Å². The predicted molar refractivity (Wildman–Crippen MR) is 81.7 cm³/mol. The maximum Gasteiger partial charge on any atom is 0.127 e. The second-order valence-corrected chi connectivity index (χ2v) is 5.98. The van der Waals surface area contributed by atoms with Gasteiger partial charge in [0.25, 0.3) is 0 Å². The zero-order valence-electron chi connectivity index (χ0n) is 9.49. The summed E-state index contributed by atoms with van der Waals surface area (Å²) in [5.41, 5.74) is 3.52. The predicted octanol–water partition coefficient (Wildman–Crippen LogP) is 5.14. The standard InChI is InChI=1S/C15H10Br2O/c16-13-3-1-10(2-4-13)12-7-11-8-14(17)5-6-15(11)18-9-12/h1-8H,9H2. The summed E-state index contributed by atoms with van der Waals surface area (Å²) in [6, 6.07) is 14.4. The summed E-state index contributed by atoms with van der Waals surface area (Å²) in [5.74, 6) is 0.944. The highest BCUT2D eigenvalue weighted by Crippen LogP contribution is 2.32. The van der Waals surface area contributed by atoms with E-state index in [2.05, 4.69) is 56.1 Å². The van der Waals surface area contributed by atoms with Crippen LogP contribution in [0.5, 0.6) is 5.75 Å². The first-order valence-electron chi connectivity index (χ1n) is 5.61. The quantitative estimate of drug-likeness (QED) is 0.679. The van der Waals surface area contributed by atoms with Crippen molar-refractivity contribution in [1.82, 2.24) is 0 Å². The van der Waals surface area contributed by atoms with Crippen LogP contribution < -0.4 is 4.74 Å². The van der Waals surface area contributed by atoms with Crippen molar-refractivity contribution in [3.8, 4) is 5.75 Å². The Bertz CT molecular complexity index is 615. The number of fused-ring (bicyclic) bond motifs is 1. The molecule has 3 rings (SSSR count). The molecule has 0 bridgehead atoms. The number of benzene rings is 2. The molecule has 2 aromatic rings. The van der Waals surface area contributed by atoms with Crippen LogP contribution in [0, 0.1) is 0 Å². The first kappa shape index (κ1) is 12.0. The van der Waals surface area contributed by atoms with Gasteiger partial charge >= 0.3 is 0 Å². The van der Waals surface area contributed by atoms with Gasteiger partial charge in [-0.25, -0.2) is 0 Å². The van der Waals surface area contributed by atoms with E-state index in [0.29, 0.717) is 6.61 Å². The number of hydrogen-bond donors (Lipinski definition) is 0. The van der Waals surface area contributed by atoms with Crippen molar-refractivity contribution in [3.63, 3.8) is 0 Å². The van der Waals surface area contributed by atoms with Gasteiger partial charge in [-0.1, -0.05) is 44.0 Å². The lowest BCUT2D eigenvalue weighted by atomic mass is 10.0. The summed E-state index contributed by atoms with van der Waals surface area (Å²) in [5, 5.41) is 0. The molecule has 18 heavy (non-hydrogen) atoms. The van der Waals surface area contributed by atoms with E-state index in [4.69, 9.17) is 4.74 Å². The molecular formula is C15H10Br2O. The Hall–Kier alpha value is -1.06. The van der Waals surface area contributed by atoms with Gasteiger partial charge in [0.15, 0.2) is 0 Å². The number of halogens is 2. The van der Waals surface area contributed by atoms with Crippen LogP contribution in [0.3, 0.4) is 0 Å². The summed E-state index contributed by atoms with van der Waals surface area (Å²) in [6.45, 7) is 0.621. The first-order chi connectivity index (χ1) is 8.72. The molecule has 0 saturated heterocycles. The number of rotatable bonds is 1. The topological polar surface area (TPSA) is 9.23 Å². The molecule has 1 heterocycles. The minimum Gasteiger partial charge on any atom is -0.488 e. The molecule has 0 radical (unpaired) electrons. The average Bonchev–Trinajstić information content (AvgIpc) is 2.38. The monoisotopic (exact) mass is 364 g/mol. The molecule has 0 N–H and O–H groups in total. The molecule has 0 fully saturated rings. The van der Waals surface area contributed by atoms with Crippen LogP contribution in [0.15, 0.2) is 51.4 Å². The summed E-state index contributed by atoms with van der Waals surface area (Å²) < 4.78 is 7.93. The van der Waals surface area contributed by atoms with Gasteiger partial charge in [-0.3, -0.25) is 0 Å². The molecule has 1 aliphatic rings. The molecule has 0 unspecified atom stereocenters. The molecule has 3 heteroatoms. The van der Waals surface area contributed by atoms with Crippen LogP contribution in [-0.4, -0.2) is 6.61 Å². The van der Waals surface area contributed by atoms with Crippen LogP contribution in [0.25, 0.3) is 11.6 Å². The second kappa shape index (κ2) is 4.90. The van der Waals surface area contributed by atoms with Crippen LogP contribution in [0.2, 0.25) is 0 Å². The number of hydrogen-bond acceptors (Lipinski definition) is 1. The Morgan fingerprint density at radius 2 is 1.61 bits per heavy atom. The van der Waals surface area contributed by atoms with E-state index in [9.17, 15) is 0 Å². The normalized spacial score (nSPS) is 13.6. The van der Waals surface area contributed by atoms with Crippen molar-refractivity contribution in [1.29, 1.82) is 0 Å². The third-order valence-corrected chi connectivity index (χ3v) is 3.92. The van der Waals surface area contributed by atoms with Crippen molar-refractivity contribution in [3.05, 3.63) is 62.5 Å². The summed E-state index contributed by atoms with van der Waals surface area (Å²) in [6.07, 6.45) is 2.19. The van der Waals surface area contributed by atoms with Gasteiger partial charge in [-0.15, -0.1) is 0 Å². The van der Waals surface area contributed by atoms with E-state index in [1.165, 1.54) is 11.1 Å². The first-order valence-corrected chi connectivity index (χ1v) is 7.20. The van der Waals surface area contributed by atoms with Crippen molar-refractivity contribution >= 4 is 43.5 Å². The molecule has 1 nitrogen and oxygen atoms in total. The van der Waals surface area contributed by atoms with Crippen molar-refractivity contribution in [2.75, 3.05) is 6.61 Å². The minimum atomic E-state index is 0.621. The van der Waals surface area contributed by atoms with E-state index in [1.54, 1.807) is 0 Å². The van der Waals surface area contributed by atoms with Crippen LogP contribution in [-0.2, 0) is 0 Å². The van der Waals surface area contributed by atoms with E-state index in [0.717, 1.165) is 20.3 Å². The van der Waals surface area contributed by atoms with Gasteiger partial charge in [0.05, 0.1) is 0 Å². The smallest absolute Gasteiger partial charge is 0.127 e. The Kier molecular flexibility index (Phi) is 3.27. The fourth-order valence-corrected chi connectivity index (χ4v) is 2.62. The summed E-state index contributed by atoms with van der Waals surface area (Å²) in [7, 11) is 0. The molecule has 2 aromatic carbocycles. The molecule has 0 amide bonds. The highest BCUT2D eigenvalue weighted by molar-refractivity contribution is 9.10. The lowest BCUT2D eigenvalue weighted by molar-refractivity contribution is 0.365. The average molecular weight is 366 g/mol. The van der Waals surface area contributed by atoms with Crippen molar-refractivity contribution in [2.45, 2.75) is 0 Å². The highest BCUT2D eigenvalue weighted by atomic mass is 79.9. The SMILES string of the molecule is Brc1ccc(C2=Cc3cc(Br)ccc3OC2)cc1. The Labute approximate surface area is 123 Å². The Morgan fingerprint density at radius 3 is 2.39 bits per heavy atom. The molecule has 0 aromatic heterocycles. The lowest BCUT2D eigenvalue weighted by Gasteiger charge is -2.18. The molecule has 0 spiro atoms. The van der Waals surface area contributed by atoms with Crippen LogP contribution in [0.4, 0.5) is 0 Å². The number of ether oxygens (including phenoxy) is 1. The largest absolute Gasteiger partial charge is 0.488 e. The summed E-state index contributed by atoms with van der Waals surface area (Å²) in [4.78, 5) is 0. The molecular weight excluding hydrogens is 356 g/mol. The second-order valence-electron chi connectivity index (χ2n) is 4.15. The molecule has 0 aliphatic carbocycles. The zero-order chi connectivity index (χ0) is 12.5. The molecule has 0 saturated carbocycles. The van der Waals surface area contributed by atoms with Crippen molar-refractivity contribution < 1.29 is 4.74 Å². The maximum atomic E-state index is 5.77. The van der Waals surface area contributed by atoms with E-state index in [1.807, 2.05) is 24.3 Å². The Morgan fingerprint density at radius 1 is 0.889 bits per heavy atom. The van der Waals surface area contributed by atoms with Gasteiger partial charge in [-0.2, -0.15) is 0 Å². The molecule has 90 valence electrons. The third kappa shape index (κ3) is 2.38.